The van der Waals surface area contributed by atoms with Crippen LogP contribution >= 0.6 is 35.1 Å². The van der Waals surface area contributed by atoms with Gasteiger partial charge in [0.05, 0.1) is 6.54 Å². The lowest BCUT2D eigenvalue weighted by Gasteiger charge is -2.20. The first-order valence-electron chi connectivity index (χ1n) is 4.99. The van der Waals surface area contributed by atoms with Crippen LogP contribution in [-0.2, 0) is 6.54 Å². The summed E-state index contributed by atoms with van der Waals surface area (Å²) in [5, 5.41) is 4.61. The molecular weight excluding hydrogens is 250 g/mol. The van der Waals surface area contributed by atoms with Crippen LogP contribution in [-0.4, -0.2) is 29.1 Å². The third-order valence-corrected chi connectivity index (χ3v) is 5.23. The first kappa shape index (κ1) is 11.7. The van der Waals surface area contributed by atoms with E-state index in [1.54, 1.807) is 6.07 Å². The Morgan fingerprint density at radius 2 is 2.40 bits per heavy atom. The molecule has 0 saturated carbocycles. The minimum Gasteiger partial charge on any atom is -0.448 e. The second kappa shape index (κ2) is 6.09. The lowest BCUT2D eigenvalue weighted by molar-refractivity contribution is 0.486. The molecule has 2 rings (SSSR count). The van der Waals surface area contributed by atoms with E-state index in [2.05, 4.69) is 17.1 Å². The molecule has 84 valence electrons. The summed E-state index contributed by atoms with van der Waals surface area (Å²) >= 11 is 9.80. The molecule has 2 nitrogen and oxygen atoms in total. The molecule has 1 saturated heterocycles. The Bertz CT molecular complexity index is 299. The first-order chi connectivity index (χ1) is 7.34. The largest absolute Gasteiger partial charge is 0.448 e. The average molecular weight is 264 g/mol. The van der Waals surface area contributed by atoms with Gasteiger partial charge >= 0.3 is 0 Å². The highest BCUT2D eigenvalue weighted by atomic mass is 35.5. The van der Waals surface area contributed by atoms with Gasteiger partial charge in [0.1, 0.15) is 5.76 Å². The Hall–Kier alpha value is 0.230. The molecule has 0 amide bonds. The van der Waals surface area contributed by atoms with Crippen LogP contribution < -0.4 is 5.32 Å². The fourth-order valence-corrected chi connectivity index (χ4v) is 4.27. The predicted molar refractivity (Wildman–Crippen MR) is 69.0 cm³/mol. The maximum Gasteiger partial charge on any atom is 0.193 e. The molecule has 1 atom stereocenters. The van der Waals surface area contributed by atoms with Gasteiger partial charge in [-0.2, -0.15) is 23.5 Å². The number of thioether (sulfide) groups is 2. The van der Waals surface area contributed by atoms with E-state index < -0.39 is 0 Å². The number of hydrogen-bond acceptors (Lipinski definition) is 4. The van der Waals surface area contributed by atoms with Crippen molar-refractivity contribution in [2.45, 2.75) is 11.8 Å². The summed E-state index contributed by atoms with van der Waals surface area (Å²) in [6, 6.07) is 3.70. The Balaban J connectivity index is 1.65. The molecule has 1 N–H and O–H groups in total. The Labute approximate surface area is 104 Å². The Kier molecular flexibility index (Phi) is 4.75. The SMILES string of the molecule is Clc1ccc(CNCC2CSCCS2)o1. The number of halogens is 1. The van der Waals surface area contributed by atoms with Crippen molar-refractivity contribution in [2.75, 3.05) is 23.8 Å². The van der Waals surface area contributed by atoms with Crippen LogP contribution in [0.3, 0.4) is 0 Å². The topological polar surface area (TPSA) is 25.2 Å². The molecule has 0 aliphatic carbocycles. The van der Waals surface area contributed by atoms with Gasteiger partial charge in [-0.05, 0) is 23.7 Å². The zero-order valence-electron chi connectivity index (χ0n) is 8.37. The van der Waals surface area contributed by atoms with Crippen LogP contribution in [0.1, 0.15) is 5.76 Å². The van der Waals surface area contributed by atoms with Crippen molar-refractivity contribution in [3.8, 4) is 0 Å². The van der Waals surface area contributed by atoms with Gasteiger partial charge in [-0.25, -0.2) is 0 Å². The van der Waals surface area contributed by atoms with E-state index in [0.29, 0.717) is 5.22 Å². The Morgan fingerprint density at radius 3 is 3.07 bits per heavy atom. The molecule has 0 aromatic carbocycles. The first-order valence-corrected chi connectivity index (χ1v) is 7.57. The van der Waals surface area contributed by atoms with E-state index in [1.165, 1.54) is 17.3 Å². The van der Waals surface area contributed by atoms with Crippen LogP contribution in [0.2, 0.25) is 5.22 Å². The molecule has 1 aromatic heterocycles. The lowest BCUT2D eigenvalue weighted by atomic mass is 10.4. The fraction of sp³-hybridized carbons (Fsp3) is 0.600. The summed E-state index contributed by atoms with van der Waals surface area (Å²) < 4.78 is 5.26. The van der Waals surface area contributed by atoms with Crippen LogP contribution in [0.25, 0.3) is 0 Å². The van der Waals surface area contributed by atoms with Crippen molar-refractivity contribution < 1.29 is 4.42 Å². The molecule has 0 spiro atoms. The van der Waals surface area contributed by atoms with E-state index in [9.17, 15) is 0 Å². The van der Waals surface area contributed by atoms with Crippen LogP contribution in [0.5, 0.6) is 0 Å². The summed E-state index contributed by atoms with van der Waals surface area (Å²) in [6.45, 7) is 1.82. The lowest BCUT2D eigenvalue weighted by Crippen LogP contribution is -2.28. The second-order valence-electron chi connectivity index (χ2n) is 3.40. The van der Waals surface area contributed by atoms with Gasteiger partial charge in [0.15, 0.2) is 5.22 Å². The minimum absolute atomic E-state index is 0.467. The van der Waals surface area contributed by atoms with Crippen LogP contribution in [0.15, 0.2) is 16.5 Å². The predicted octanol–water partition coefficient (Wildman–Crippen LogP) is 2.87. The molecule has 1 fully saturated rings. The highest BCUT2D eigenvalue weighted by Crippen LogP contribution is 2.23. The second-order valence-corrected chi connectivity index (χ2v) is 6.34. The van der Waals surface area contributed by atoms with Crippen molar-refractivity contribution in [3.63, 3.8) is 0 Å². The Morgan fingerprint density at radius 1 is 1.47 bits per heavy atom. The third-order valence-electron chi connectivity index (χ3n) is 2.19. The van der Waals surface area contributed by atoms with E-state index >= 15 is 0 Å². The highest BCUT2D eigenvalue weighted by Gasteiger charge is 2.13. The van der Waals surface area contributed by atoms with Gasteiger partial charge in [0.2, 0.25) is 0 Å². The van der Waals surface area contributed by atoms with Crippen molar-refractivity contribution in [1.82, 2.24) is 5.32 Å². The van der Waals surface area contributed by atoms with E-state index in [-0.39, 0.29) is 0 Å². The minimum atomic E-state index is 0.467. The fourth-order valence-electron chi connectivity index (χ4n) is 1.46. The van der Waals surface area contributed by atoms with Crippen molar-refractivity contribution in [2.24, 2.45) is 0 Å². The molecule has 1 unspecified atom stereocenters. The van der Waals surface area contributed by atoms with Crippen molar-refractivity contribution in [3.05, 3.63) is 23.1 Å². The molecular formula is C10H14ClNOS2. The number of rotatable bonds is 4. The molecule has 15 heavy (non-hydrogen) atoms. The van der Waals surface area contributed by atoms with Crippen LogP contribution in [0.4, 0.5) is 0 Å². The monoisotopic (exact) mass is 263 g/mol. The van der Waals surface area contributed by atoms with E-state index in [0.717, 1.165) is 24.1 Å². The summed E-state index contributed by atoms with van der Waals surface area (Å²) in [7, 11) is 0. The van der Waals surface area contributed by atoms with Crippen molar-refractivity contribution in [1.29, 1.82) is 0 Å². The quantitative estimate of drug-likeness (QED) is 0.903. The summed E-state index contributed by atoms with van der Waals surface area (Å²) in [4.78, 5) is 0. The number of nitrogens with one attached hydrogen (secondary N) is 1. The number of hydrogen-bond donors (Lipinski definition) is 1. The summed E-state index contributed by atoms with van der Waals surface area (Å²) in [6.07, 6.45) is 0. The van der Waals surface area contributed by atoms with Gasteiger partial charge in [-0.1, -0.05) is 0 Å². The number of furan rings is 1. The standard InChI is InChI=1S/C10H14ClNOS2/c11-10-2-1-8(13-10)5-12-6-9-7-14-3-4-15-9/h1-2,9,12H,3-7H2. The van der Waals surface area contributed by atoms with E-state index in [1.807, 2.05) is 17.8 Å². The van der Waals surface area contributed by atoms with Crippen LogP contribution in [0, 0.1) is 0 Å². The maximum absolute atomic E-state index is 5.69. The third kappa shape index (κ3) is 3.94. The normalized spacial score (nSPS) is 21.8. The molecule has 1 aliphatic heterocycles. The van der Waals surface area contributed by atoms with Crippen molar-refractivity contribution >= 4 is 35.1 Å². The molecule has 0 radical (unpaired) electrons. The van der Waals surface area contributed by atoms with Gasteiger partial charge in [-0.3, -0.25) is 0 Å². The summed E-state index contributed by atoms with van der Waals surface area (Å²) in [5.74, 6) is 4.75. The van der Waals surface area contributed by atoms with Gasteiger partial charge in [0, 0.05) is 29.1 Å². The molecule has 1 aromatic rings. The molecule has 5 heteroatoms. The van der Waals surface area contributed by atoms with E-state index in [4.69, 9.17) is 16.0 Å². The molecule has 0 bridgehead atoms. The molecule has 2 heterocycles. The van der Waals surface area contributed by atoms with Gasteiger partial charge in [-0.15, -0.1) is 0 Å². The highest BCUT2D eigenvalue weighted by molar-refractivity contribution is 8.06. The summed E-state index contributed by atoms with van der Waals surface area (Å²) in [5.41, 5.74) is 0. The smallest absolute Gasteiger partial charge is 0.193 e. The zero-order valence-corrected chi connectivity index (χ0v) is 10.8. The molecule has 1 aliphatic rings. The van der Waals surface area contributed by atoms with Gasteiger partial charge in [0.25, 0.3) is 0 Å². The zero-order chi connectivity index (χ0) is 10.5. The maximum atomic E-state index is 5.69. The average Bonchev–Trinajstić information content (AvgIpc) is 2.66. The van der Waals surface area contributed by atoms with Gasteiger partial charge < -0.3 is 9.73 Å².